The van der Waals surface area contributed by atoms with Crippen LogP contribution in [0.25, 0.3) is 0 Å². The first-order valence-electron chi connectivity index (χ1n) is 4.75. The highest BCUT2D eigenvalue weighted by Gasteiger charge is 2.43. The van der Waals surface area contributed by atoms with E-state index in [-0.39, 0.29) is 12.1 Å². The van der Waals surface area contributed by atoms with Crippen molar-refractivity contribution in [2.45, 2.75) is 18.4 Å². The molecule has 0 amide bonds. The maximum atomic E-state index is 10.4. The minimum absolute atomic E-state index is 0.0366. The summed E-state index contributed by atoms with van der Waals surface area (Å²) in [5.41, 5.74) is 1.14. The minimum atomic E-state index is -0.799. The third-order valence-corrected chi connectivity index (χ3v) is 2.65. The molecule has 1 saturated carbocycles. The standard InChI is InChI=1S/C11H13NO2/c13-10(14)8-12-11(6-7-11)9-4-2-1-3-5-9/h1-5,12H,6-8H2,(H,13,14). The monoisotopic (exact) mass is 191 g/mol. The molecule has 2 rings (SSSR count). The van der Waals surface area contributed by atoms with E-state index in [0.29, 0.717) is 0 Å². The summed E-state index contributed by atoms with van der Waals surface area (Å²) >= 11 is 0. The van der Waals surface area contributed by atoms with Crippen molar-refractivity contribution < 1.29 is 9.90 Å². The molecule has 74 valence electrons. The predicted octanol–water partition coefficient (Wildman–Crippen LogP) is 1.35. The maximum absolute atomic E-state index is 10.4. The molecular weight excluding hydrogens is 178 g/mol. The number of carboxylic acids is 1. The van der Waals surface area contributed by atoms with E-state index in [1.54, 1.807) is 0 Å². The van der Waals surface area contributed by atoms with Crippen LogP contribution >= 0.6 is 0 Å². The Kier molecular flexibility index (Phi) is 2.25. The lowest BCUT2D eigenvalue weighted by molar-refractivity contribution is -0.136. The van der Waals surface area contributed by atoms with Crippen LogP contribution in [0.5, 0.6) is 0 Å². The zero-order chi connectivity index (χ0) is 10.0. The van der Waals surface area contributed by atoms with E-state index in [9.17, 15) is 4.79 Å². The molecule has 1 aliphatic carbocycles. The molecule has 14 heavy (non-hydrogen) atoms. The van der Waals surface area contributed by atoms with Crippen LogP contribution < -0.4 is 5.32 Å². The fourth-order valence-electron chi connectivity index (χ4n) is 1.69. The molecule has 0 spiro atoms. The summed E-state index contributed by atoms with van der Waals surface area (Å²) in [6.45, 7) is 0.0366. The Labute approximate surface area is 82.8 Å². The molecule has 0 heterocycles. The molecule has 1 aliphatic rings. The number of rotatable bonds is 4. The van der Waals surface area contributed by atoms with Crippen molar-refractivity contribution in [2.24, 2.45) is 0 Å². The number of aliphatic carboxylic acids is 1. The van der Waals surface area contributed by atoms with Crippen LogP contribution in [-0.2, 0) is 10.3 Å². The second kappa shape index (κ2) is 3.42. The van der Waals surface area contributed by atoms with Crippen molar-refractivity contribution in [1.82, 2.24) is 5.32 Å². The van der Waals surface area contributed by atoms with E-state index in [1.165, 1.54) is 5.56 Å². The van der Waals surface area contributed by atoms with Crippen molar-refractivity contribution in [2.75, 3.05) is 6.54 Å². The van der Waals surface area contributed by atoms with E-state index in [0.717, 1.165) is 12.8 Å². The molecule has 0 atom stereocenters. The molecule has 0 radical (unpaired) electrons. The number of carboxylic acid groups (broad SMARTS) is 1. The fraction of sp³-hybridized carbons (Fsp3) is 0.364. The first-order valence-corrected chi connectivity index (χ1v) is 4.75. The minimum Gasteiger partial charge on any atom is -0.480 e. The highest BCUT2D eigenvalue weighted by atomic mass is 16.4. The van der Waals surface area contributed by atoms with Gasteiger partial charge in [-0.15, -0.1) is 0 Å². The number of benzene rings is 1. The highest BCUT2D eigenvalue weighted by Crippen LogP contribution is 2.45. The molecular formula is C11H13NO2. The van der Waals surface area contributed by atoms with Gasteiger partial charge < -0.3 is 5.11 Å². The molecule has 0 aromatic heterocycles. The summed E-state index contributed by atoms with van der Waals surface area (Å²) in [7, 11) is 0. The van der Waals surface area contributed by atoms with Gasteiger partial charge in [-0.1, -0.05) is 30.3 Å². The SMILES string of the molecule is O=C(O)CNC1(c2ccccc2)CC1. The van der Waals surface area contributed by atoms with Crippen molar-refractivity contribution in [3.05, 3.63) is 35.9 Å². The fourth-order valence-corrected chi connectivity index (χ4v) is 1.69. The Hall–Kier alpha value is -1.35. The molecule has 1 aromatic carbocycles. The van der Waals surface area contributed by atoms with Crippen LogP contribution in [0, 0.1) is 0 Å². The molecule has 2 N–H and O–H groups in total. The normalized spacial score (nSPS) is 17.7. The van der Waals surface area contributed by atoms with Gasteiger partial charge in [-0.25, -0.2) is 0 Å². The second-order valence-electron chi connectivity index (χ2n) is 3.70. The zero-order valence-corrected chi connectivity index (χ0v) is 7.86. The van der Waals surface area contributed by atoms with E-state index in [1.807, 2.05) is 30.3 Å². The summed E-state index contributed by atoms with van der Waals surface area (Å²) in [4.78, 5) is 10.4. The van der Waals surface area contributed by atoms with E-state index in [4.69, 9.17) is 5.11 Å². The van der Waals surface area contributed by atoms with E-state index < -0.39 is 5.97 Å². The Morgan fingerprint density at radius 1 is 1.36 bits per heavy atom. The summed E-state index contributed by atoms with van der Waals surface area (Å²) in [6.07, 6.45) is 2.06. The van der Waals surface area contributed by atoms with Gasteiger partial charge in [0.1, 0.15) is 0 Å². The van der Waals surface area contributed by atoms with Gasteiger partial charge in [0.05, 0.1) is 6.54 Å². The van der Waals surface area contributed by atoms with Gasteiger partial charge in [0, 0.05) is 5.54 Å². The highest BCUT2D eigenvalue weighted by molar-refractivity contribution is 5.69. The molecule has 0 aliphatic heterocycles. The molecule has 0 bridgehead atoms. The largest absolute Gasteiger partial charge is 0.480 e. The van der Waals surface area contributed by atoms with Gasteiger partial charge in [-0.3, -0.25) is 10.1 Å². The molecule has 0 saturated heterocycles. The average Bonchev–Trinajstić information content (AvgIpc) is 2.97. The zero-order valence-electron chi connectivity index (χ0n) is 7.86. The lowest BCUT2D eigenvalue weighted by atomic mass is 10.1. The van der Waals surface area contributed by atoms with Crippen LogP contribution in [0.4, 0.5) is 0 Å². The van der Waals surface area contributed by atoms with Gasteiger partial charge in [0.15, 0.2) is 0 Å². The van der Waals surface area contributed by atoms with Crippen LogP contribution in [-0.4, -0.2) is 17.6 Å². The van der Waals surface area contributed by atoms with Crippen molar-refractivity contribution in [3.63, 3.8) is 0 Å². The smallest absolute Gasteiger partial charge is 0.317 e. The Morgan fingerprint density at radius 3 is 2.50 bits per heavy atom. The quantitative estimate of drug-likeness (QED) is 0.755. The topological polar surface area (TPSA) is 49.3 Å². The molecule has 3 heteroatoms. The summed E-state index contributed by atoms with van der Waals surface area (Å²) < 4.78 is 0. The van der Waals surface area contributed by atoms with Crippen molar-refractivity contribution in [1.29, 1.82) is 0 Å². The van der Waals surface area contributed by atoms with E-state index >= 15 is 0 Å². The van der Waals surface area contributed by atoms with Crippen LogP contribution in [0.1, 0.15) is 18.4 Å². The summed E-state index contributed by atoms with van der Waals surface area (Å²) in [5, 5.41) is 11.7. The van der Waals surface area contributed by atoms with Crippen LogP contribution in [0.2, 0.25) is 0 Å². The molecule has 0 unspecified atom stereocenters. The van der Waals surface area contributed by atoms with Gasteiger partial charge >= 0.3 is 5.97 Å². The molecule has 3 nitrogen and oxygen atoms in total. The number of carbonyl (C=O) groups is 1. The Balaban J connectivity index is 2.06. The van der Waals surface area contributed by atoms with Crippen molar-refractivity contribution >= 4 is 5.97 Å². The first kappa shape index (κ1) is 9.21. The van der Waals surface area contributed by atoms with Crippen molar-refractivity contribution in [3.8, 4) is 0 Å². The first-order chi connectivity index (χ1) is 6.73. The maximum Gasteiger partial charge on any atom is 0.317 e. The van der Waals surface area contributed by atoms with E-state index in [2.05, 4.69) is 5.32 Å². The predicted molar refractivity (Wildman–Crippen MR) is 53.0 cm³/mol. The van der Waals surface area contributed by atoms with Gasteiger partial charge in [0.2, 0.25) is 0 Å². The van der Waals surface area contributed by atoms with Crippen LogP contribution in [0.3, 0.4) is 0 Å². The number of hydrogen-bond donors (Lipinski definition) is 2. The number of hydrogen-bond acceptors (Lipinski definition) is 2. The van der Waals surface area contributed by atoms with Gasteiger partial charge in [-0.05, 0) is 18.4 Å². The third kappa shape index (κ3) is 1.77. The van der Waals surface area contributed by atoms with Gasteiger partial charge in [0.25, 0.3) is 0 Å². The Bertz CT molecular complexity index is 330. The third-order valence-electron chi connectivity index (χ3n) is 2.65. The second-order valence-corrected chi connectivity index (χ2v) is 3.70. The number of nitrogens with one attached hydrogen (secondary N) is 1. The van der Waals surface area contributed by atoms with Gasteiger partial charge in [-0.2, -0.15) is 0 Å². The molecule has 1 fully saturated rings. The summed E-state index contributed by atoms with van der Waals surface area (Å²) in [6, 6.07) is 10.0. The lowest BCUT2D eigenvalue weighted by Gasteiger charge is -2.16. The Morgan fingerprint density at radius 2 is 2.00 bits per heavy atom. The summed E-state index contributed by atoms with van der Waals surface area (Å²) in [5.74, 6) is -0.799. The van der Waals surface area contributed by atoms with Crippen LogP contribution in [0.15, 0.2) is 30.3 Å². The molecule has 1 aromatic rings. The average molecular weight is 191 g/mol. The lowest BCUT2D eigenvalue weighted by Crippen LogP contribution is -2.33.